The van der Waals surface area contributed by atoms with Crippen molar-refractivity contribution in [2.24, 2.45) is 5.10 Å². The summed E-state index contributed by atoms with van der Waals surface area (Å²) < 4.78 is 22.0. The van der Waals surface area contributed by atoms with Gasteiger partial charge in [0.05, 0.1) is 7.11 Å². The van der Waals surface area contributed by atoms with Crippen LogP contribution in [0.4, 0.5) is 0 Å². The number of carbonyl (C=O) groups excluding carboxylic acids is 1. The van der Waals surface area contributed by atoms with Crippen LogP contribution in [-0.4, -0.2) is 30.5 Å². The highest BCUT2D eigenvalue weighted by Crippen LogP contribution is 2.30. The predicted octanol–water partition coefficient (Wildman–Crippen LogP) is 3.38. The normalized spacial score (nSPS) is 15.6. The number of ether oxygens (including phenoxy) is 3. The molecule has 0 saturated carbocycles. The first-order chi connectivity index (χ1) is 14.4. The summed E-state index contributed by atoms with van der Waals surface area (Å²) in [6.45, 7) is 3.27. The number of hydrogen-bond acceptors (Lipinski definition) is 7. The van der Waals surface area contributed by atoms with E-state index in [9.17, 15) is 9.59 Å². The first kappa shape index (κ1) is 19.5. The van der Waals surface area contributed by atoms with Crippen molar-refractivity contribution in [1.29, 1.82) is 0 Å². The van der Waals surface area contributed by atoms with Crippen LogP contribution in [0.2, 0.25) is 0 Å². The molecule has 0 N–H and O–H groups in total. The largest absolute Gasteiger partial charge is 0.497 e. The van der Waals surface area contributed by atoms with Gasteiger partial charge in [-0.2, -0.15) is 5.01 Å². The van der Waals surface area contributed by atoms with Crippen molar-refractivity contribution in [3.05, 3.63) is 70.1 Å². The third-order valence-electron chi connectivity index (χ3n) is 4.70. The molecule has 0 fully saturated rings. The molecule has 0 unspecified atom stereocenters. The number of amides is 1. The Kier molecular flexibility index (Phi) is 5.14. The van der Waals surface area contributed by atoms with Crippen LogP contribution in [0.3, 0.4) is 0 Å². The molecule has 0 radical (unpaired) electrons. The number of rotatable bonds is 5. The Morgan fingerprint density at radius 2 is 1.87 bits per heavy atom. The monoisotopic (exact) mass is 408 g/mol. The van der Waals surface area contributed by atoms with Crippen molar-refractivity contribution >= 4 is 22.8 Å². The molecular formula is C22H20N2O6. The average molecular weight is 408 g/mol. The van der Waals surface area contributed by atoms with Crippen molar-refractivity contribution in [3.8, 4) is 11.5 Å². The second-order valence-electron chi connectivity index (χ2n) is 6.80. The Bertz CT molecular complexity index is 1180. The summed E-state index contributed by atoms with van der Waals surface area (Å²) >= 11 is 0. The van der Waals surface area contributed by atoms with Gasteiger partial charge in [0.2, 0.25) is 18.0 Å². The van der Waals surface area contributed by atoms with E-state index in [2.05, 4.69) is 5.10 Å². The maximum Gasteiger partial charge on any atom is 0.336 e. The van der Waals surface area contributed by atoms with Crippen LogP contribution < -0.4 is 15.1 Å². The number of methoxy groups -OCH3 is 1. The van der Waals surface area contributed by atoms with Gasteiger partial charge in [0.25, 0.3) is 0 Å². The lowest BCUT2D eigenvalue weighted by atomic mass is 10.1. The van der Waals surface area contributed by atoms with Crippen molar-refractivity contribution in [1.82, 2.24) is 5.01 Å². The molecule has 1 aromatic heterocycles. The van der Waals surface area contributed by atoms with Gasteiger partial charge in [-0.25, -0.2) is 4.79 Å². The van der Waals surface area contributed by atoms with Crippen LogP contribution in [0.5, 0.6) is 11.5 Å². The van der Waals surface area contributed by atoms with Crippen LogP contribution >= 0.6 is 0 Å². The maximum absolute atomic E-state index is 12.0. The first-order valence-electron chi connectivity index (χ1n) is 9.30. The van der Waals surface area contributed by atoms with Crippen molar-refractivity contribution in [3.63, 3.8) is 0 Å². The zero-order valence-corrected chi connectivity index (χ0v) is 16.7. The molecule has 1 atom stereocenters. The third-order valence-corrected chi connectivity index (χ3v) is 4.70. The van der Waals surface area contributed by atoms with E-state index in [1.807, 2.05) is 25.1 Å². The Balaban J connectivity index is 1.50. The van der Waals surface area contributed by atoms with E-state index >= 15 is 0 Å². The molecule has 0 bridgehead atoms. The molecule has 2 heterocycles. The first-order valence-corrected chi connectivity index (χ1v) is 9.30. The minimum atomic E-state index is -0.677. The van der Waals surface area contributed by atoms with E-state index in [1.54, 1.807) is 31.4 Å². The minimum Gasteiger partial charge on any atom is -0.497 e. The highest BCUT2D eigenvalue weighted by atomic mass is 16.6. The molecule has 3 aromatic rings. The Hall–Kier alpha value is -3.81. The molecule has 8 heteroatoms. The molecule has 8 nitrogen and oxygen atoms in total. The summed E-state index contributed by atoms with van der Waals surface area (Å²) in [5, 5.41) is 6.34. The topological polar surface area (TPSA) is 90.6 Å². The van der Waals surface area contributed by atoms with Crippen LogP contribution in [0, 0.1) is 6.92 Å². The van der Waals surface area contributed by atoms with Gasteiger partial charge in [-0.1, -0.05) is 0 Å². The lowest BCUT2D eigenvalue weighted by Gasteiger charge is -2.19. The summed E-state index contributed by atoms with van der Waals surface area (Å²) in [6.07, 6.45) is -0.677. The summed E-state index contributed by atoms with van der Waals surface area (Å²) in [5.41, 5.74) is 1.61. The molecule has 2 aromatic carbocycles. The molecule has 1 aliphatic rings. The summed E-state index contributed by atoms with van der Waals surface area (Å²) in [6, 6.07) is 13.9. The van der Waals surface area contributed by atoms with E-state index in [0.717, 1.165) is 16.5 Å². The molecule has 1 aliphatic heterocycles. The molecule has 30 heavy (non-hydrogen) atoms. The number of hydrogen-bond donors (Lipinski definition) is 0. The van der Waals surface area contributed by atoms with Gasteiger partial charge in [-0.05, 0) is 48.9 Å². The summed E-state index contributed by atoms with van der Waals surface area (Å²) in [7, 11) is 1.58. The van der Waals surface area contributed by atoms with E-state index in [4.69, 9.17) is 18.6 Å². The van der Waals surface area contributed by atoms with Gasteiger partial charge in [-0.15, -0.1) is 5.10 Å². The zero-order chi connectivity index (χ0) is 21.3. The van der Waals surface area contributed by atoms with Gasteiger partial charge in [0.15, 0.2) is 6.61 Å². The Morgan fingerprint density at radius 1 is 1.13 bits per heavy atom. The number of aryl methyl sites for hydroxylation is 1. The fraction of sp³-hybridized carbons (Fsp3) is 0.227. The SMILES string of the molecule is COc1ccc([C@@H]2OC(COc3ccc4c(C)cc(=O)oc4c3)=NN2C(C)=O)cc1. The van der Waals surface area contributed by atoms with E-state index in [0.29, 0.717) is 17.1 Å². The van der Waals surface area contributed by atoms with Gasteiger partial charge in [0.1, 0.15) is 17.1 Å². The van der Waals surface area contributed by atoms with E-state index in [1.165, 1.54) is 18.0 Å². The smallest absolute Gasteiger partial charge is 0.336 e. The molecule has 1 amide bonds. The third kappa shape index (κ3) is 3.84. The van der Waals surface area contributed by atoms with Crippen molar-refractivity contribution in [2.45, 2.75) is 20.1 Å². The quantitative estimate of drug-likeness (QED) is 0.601. The molecule has 154 valence electrons. The highest BCUT2D eigenvalue weighted by Gasteiger charge is 2.32. The van der Waals surface area contributed by atoms with Gasteiger partial charge >= 0.3 is 5.63 Å². The van der Waals surface area contributed by atoms with Crippen LogP contribution in [0.1, 0.15) is 24.3 Å². The Morgan fingerprint density at radius 3 is 2.57 bits per heavy atom. The molecule has 4 rings (SSSR count). The fourth-order valence-corrected chi connectivity index (χ4v) is 3.19. The molecule has 0 spiro atoms. The second-order valence-corrected chi connectivity index (χ2v) is 6.80. The number of hydrazone groups is 1. The number of nitrogens with zero attached hydrogens (tertiary/aromatic N) is 2. The average Bonchev–Trinajstić information content (AvgIpc) is 3.16. The van der Waals surface area contributed by atoms with Crippen LogP contribution in [-0.2, 0) is 9.53 Å². The number of fused-ring (bicyclic) bond motifs is 1. The van der Waals surface area contributed by atoms with E-state index < -0.39 is 11.9 Å². The van der Waals surface area contributed by atoms with Crippen molar-refractivity contribution < 1.29 is 23.4 Å². The summed E-state index contributed by atoms with van der Waals surface area (Å²) in [5.74, 6) is 1.20. The fourth-order valence-electron chi connectivity index (χ4n) is 3.19. The predicted molar refractivity (Wildman–Crippen MR) is 109 cm³/mol. The number of carbonyl (C=O) groups is 1. The molecule has 0 aliphatic carbocycles. The second kappa shape index (κ2) is 7.90. The van der Waals surface area contributed by atoms with E-state index in [-0.39, 0.29) is 18.4 Å². The van der Waals surface area contributed by atoms with Crippen LogP contribution in [0.25, 0.3) is 11.0 Å². The van der Waals surface area contributed by atoms with Gasteiger partial charge in [0, 0.05) is 30.0 Å². The summed E-state index contributed by atoms with van der Waals surface area (Å²) in [4.78, 5) is 23.6. The van der Waals surface area contributed by atoms with Gasteiger partial charge < -0.3 is 18.6 Å². The Labute approximate surface area is 172 Å². The minimum absolute atomic E-state index is 0.0119. The zero-order valence-electron chi connectivity index (χ0n) is 16.7. The maximum atomic E-state index is 12.0. The lowest BCUT2D eigenvalue weighted by molar-refractivity contribution is -0.135. The molecular weight excluding hydrogens is 388 g/mol. The standard InChI is InChI=1S/C22H20N2O6/c1-13-10-21(26)29-19-11-17(8-9-18(13)19)28-12-20-23-24(14(2)25)22(30-20)15-4-6-16(27-3)7-5-15/h4-11,22H,12H2,1-3H3/t22-/m0/s1. The van der Waals surface area contributed by atoms with Crippen molar-refractivity contribution in [2.75, 3.05) is 13.7 Å². The van der Waals surface area contributed by atoms with Gasteiger partial charge in [-0.3, -0.25) is 4.79 Å². The lowest BCUT2D eigenvalue weighted by Crippen LogP contribution is -2.25. The molecule has 0 saturated heterocycles. The number of benzene rings is 2. The highest BCUT2D eigenvalue weighted by molar-refractivity contribution is 5.84. The van der Waals surface area contributed by atoms with Crippen LogP contribution in [0.15, 0.2) is 62.8 Å².